The molecule has 0 saturated carbocycles. The van der Waals surface area contributed by atoms with Crippen LogP contribution in [0.5, 0.6) is 5.75 Å². The quantitative estimate of drug-likeness (QED) is 0.215. The minimum Gasteiger partial charge on any atom is -0.481 e. The van der Waals surface area contributed by atoms with Gasteiger partial charge in [-0.3, -0.25) is 9.59 Å². The highest BCUT2D eigenvalue weighted by molar-refractivity contribution is 7.16. The molecular formula is C28H31N3O5S. The summed E-state index contributed by atoms with van der Waals surface area (Å²) in [5.74, 6) is -0.814. The zero-order valence-electron chi connectivity index (χ0n) is 21.6. The molecule has 0 unspecified atom stereocenters. The van der Waals surface area contributed by atoms with E-state index >= 15 is 0 Å². The van der Waals surface area contributed by atoms with Crippen LogP contribution in [0.25, 0.3) is 0 Å². The Hall–Kier alpha value is -3.98. The van der Waals surface area contributed by atoms with Crippen molar-refractivity contribution in [3.8, 4) is 5.75 Å². The van der Waals surface area contributed by atoms with Crippen LogP contribution >= 0.6 is 11.3 Å². The second kappa shape index (κ2) is 12.8. The molecule has 194 valence electrons. The molecule has 1 heterocycles. The van der Waals surface area contributed by atoms with E-state index in [0.717, 1.165) is 22.4 Å². The first-order chi connectivity index (χ1) is 17.7. The molecule has 8 nitrogen and oxygen atoms in total. The smallest absolute Gasteiger partial charge is 0.341 e. The number of hydrazone groups is 1. The molecule has 0 radical (unpaired) electrons. The topological polar surface area (TPSA) is 106 Å². The molecule has 0 aliphatic rings. The lowest BCUT2D eigenvalue weighted by molar-refractivity contribution is -0.127. The van der Waals surface area contributed by atoms with Crippen LogP contribution in [0.4, 0.5) is 5.00 Å². The first-order valence-corrected chi connectivity index (χ1v) is 12.8. The van der Waals surface area contributed by atoms with E-state index in [4.69, 9.17) is 9.47 Å². The number of carbonyl (C=O) groups excluding carboxylic acids is 3. The fourth-order valence-corrected chi connectivity index (χ4v) is 4.43. The fraction of sp³-hybridized carbons (Fsp3) is 0.286. The van der Waals surface area contributed by atoms with Crippen LogP contribution in [-0.4, -0.2) is 36.7 Å². The molecule has 37 heavy (non-hydrogen) atoms. The van der Waals surface area contributed by atoms with Crippen molar-refractivity contribution in [1.29, 1.82) is 0 Å². The third-order valence-electron chi connectivity index (χ3n) is 5.67. The van der Waals surface area contributed by atoms with Gasteiger partial charge in [-0.15, -0.1) is 11.3 Å². The number of esters is 1. The minimum atomic E-state index is -0.802. The number of nitrogens with one attached hydrogen (secondary N) is 2. The van der Waals surface area contributed by atoms with Crippen molar-refractivity contribution in [3.63, 3.8) is 0 Å². The van der Waals surface area contributed by atoms with Gasteiger partial charge in [0.2, 0.25) is 0 Å². The zero-order valence-corrected chi connectivity index (χ0v) is 22.4. The minimum absolute atomic E-state index is 0.248. The van der Waals surface area contributed by atoms with Gasteiger partial charge in [-0.05, 0) is 75.1 Å². The Labute approximate surface area is 220 Å². The molecule has 9 heteroatoms. The first-order valence-electron chi connectivity index (χ1n) is 12.0. The molecule has 0 aliphatic heterocycles. The molecule has 2 amide bonds. The first kappa shape index (κ1) is 27.6. The third kappa shape index (κ3) is 7.27. The Morgan fingerprint density at radius 1 is 1.03 bits per heavy atom. The van der Waals surface area contributed by atoms with Gasteiger partial charge < -0.3 is 14.8 Å². The van der Waals surface area contributed by atoms with Gasteiger partial charge in [-0.1, -0.05) is 31.2 Å². The van der Waals surface area contributed by atoms with Crippen LogP contribution in [0.15, 0.2) is 53.6 Å². The van der Waals surface area contributed by atoms with Crippen molar-refractivity contribution in [3.05, 3.63) is 81.2 Å². The second-order valence-electron chi connectivity index (χ2n) is 8.28. The summed E-state index contributed by atoms with van der Waals surface area (Å²) in [7, 11) is 0. The average molecular weight is 522 g/mol. The Bertz CT molecular complexity index is 1280. The molecule has 2 N–H and O–H groups in total. The van der Waals surface area contributed by atoms with E-state index in [0.29, 0.717) is 21.9 Å². The number of aryl methyl sites for hydroxylation is 2. The van der Waals surface area contributed by atoms with E-state index < -0.39 is 18.0 Å². The van der Waals surface area contributed by atoms with Crippen molar-refractivity contribution >= 4 is 40.3 Å². The Kier molecular flexibility index (Phi) is 9.57. The maximum Gasteiger partial charge on any atom is 0.341 e. The highest BCUT2D eigenvalue weighted by Crippen LogP contribution is 2.33. The third-order valence-corrected chi connectivity index (χ3v) is 6.79. The second-order valence-corrected chi connectivity index (χ2v) is 9.50. The normalized spacial score (nSPS) is 11.7. The van der Waals surface area contributed by atoms with E-state index in [1.807, 2.05) is 38.1 Å². The average Bonchev–Trinajstić information content (AvgIpc) is 3.17. The zero-order chi connectivity index (χ0) is 26.9. The monoisotopic (exact) mass is 521 g/mol. The van der Waals surface area contributed by atoms with Crippen molar-refractivity contribution in [2.45, 2.75) is 47.1 Å². The summed E-state index contributed by atoms with van der Waals surface area (Å²) < 4.78 is 10.8. The van der Waals surface area contributed by atoms with E-state index in [-0.39, 0.29) is 12.5 Å². The molecule has 0 saturated heterocycles. The molecule has 3 aromatic rings. The lowest BCUT2D eigenvalue weighted by Gasteiger charge is -2.13. The summed E-state index contributed by atoms with van der Waals surface area (Å²) in [5.41, 5.74) is 6.11. The summed E-state index contributed by atoms with van der Waals surface area (Å²) >= 11 is 1.33. The lowest BCUT2D eigenvalue weighted by atomic mass is 10.1. The van der Waals surface area contributed by atoms with E-state index in [2.05, 4.69) is 22.8 Å². The molecule has 1 atom stereocenters. The van der Waals surface area contributed by atoms with Crippen LogP contribution in [0.2, 0.25) is 0 Å². The predicted molar refractivity (Wildman–Crippen MR) is 146 cm³/mol. The summed E-state index contributed by atoms with van der Waals surface area (Å²) in [6.45, 7) is 9.39. The van der Waals surface area contributed by atoms with E-state index in [1.165, 1.54) is 16.9 Å². The Morgan fingerprint density at radius 2 is 1.70 bits per heavy atom. The largest absolute Gasteiger partial charge is 0.481 e. The number of amides is 2. The van der Waals surface area contributed by atoms with E-state index in [1.54, 1.807) is 44.3 Å². The van der Waals surface area contributed by atoms with Gasteiger partial charge in [0.25, 0.3) is 11.8 Å². The molecule has 0 spiro atoms. The van der Waals surface area contributed by atoms with Crippen LogP contribution in [-0.2, 0) is 16.0 Å². The summed E-state index contributed by atoms with van der Waals surface area (Å²) in [5, 5.41) is 7.24. The maximum atomic E-state index is 12.8. The van der Waals surface area contributed by atoms with Gasteiger partial charge in [-0.25, -0.2) is 10.2 Å². The molecule has 0 bridgehead atoms. The number of carbonyl (C=O) groups is 3. The number of anilines is 1. The number of hydrogen-bond acceptors (Lipinski definition) is 7. The van der Waals surface area contributed by atoms with Crippen LogP contribution in [0.1, 0.15) is 63.1 Å². The number of rotatable bonds is 10. The van der Waals surface area contributed by atoms with Gasteiger partial charge in [-0.2, -0.15) is 5.10 Å². The number of hydrogen-bond donors (Lipinski definition) is 2. The van der Waals surface area contributed by atoms with Crippen molar-refractivity contribution in [2.75, 3.05) is 11.9 Å². The van der Waals surface area contributed by atoms with Gasteiger partial charge >= 0.3 is 5.97 Å². The maximum absolute atomic E-state index is 12.8. The van der Waals surface area contributed by atoms with Gasteiger partial charge in [0, 0.05) is 10.4 Å². The molecule has 1 aromatic heterocycles. The number of benzene rings is 2. The summed E-state index contributed by atoms with van der Waals surface area (Å²) in [4.78, 5) is 38.4. The molecule has 0 fully saturated rings. The predicted octanol–water partition coefficient (Wildman–Crippen LogP) is 5.27. The van der Waals surface area contributed by atoms with Crippen LogP contribution in [0, 0.1) is 13.8 Å². The van der Waals surface area contributed by atoms with Gasteiger partial charge in [0.1, 0.15) is 10.8 Å². The Morgan fingerprint density at radius 3 is 2.32 bits per heavy atom. The number of ether oxygens (including phenoxy) is 2. The lowest BCUT2D eigenvalue weighted by Crippen LogP contribution is -2.33. The van der Waals surface area contributed by atoms with Crippen molar-refractivity contribution < 1.29 is 23.9 Å². The van der Waals surface area contributed by atoms with Gasteiger partial charge in [0.15, 0.2) is 6.10 Å². The van der Waals surface area contributed by atoms with Crippen LogP contribution < -0.4 is 15.5 Å². The van der Waals surface area contributed by atoms with Crippen molar-refractivity contribution in [2.24, 2.45) is 5.10 Å². The standard InChI is InChI=1S/C28H31N3O5S/c1-6-20-8-10-21(11-9-20)16-29-31-25(32)18(4)36-23-14-12-22(13-15-23)26(33)30-27-24(28(34)35-7-2)17(3)19(5)37-27/h8-16,18H,6-7H2,1-5H3,(H,30,33)(H,31,32)/b29-16-/t18-/m1/s1. The SMILES string of the molecule is CCOC(=O)c1c(NC(=O)c2ccc(O[C@H](C)C(=O)N/N=C\c3ccc(CC)cc3)cc2)sc(C)c1C. The molecule has 0 aliphatic carbocycles. The molecule has 2 aromatic carbocycles. The molecule has 3 rings (SSSR count). The summed E-state index contributed by atoms with van der Waals surface area (Å²) in [6, 6.07) is 14.3. The fourth-order valence-electron chi connectivity index (χ4n) is 3.38. The Balaban J connectivity index is 1.57. The van der Waals surface area contributed by atoms with Gasteiger partial charge in [0.05, 0.1) is 18.4 Å². The molecular weight excluding hydrogens is 490 g/mol. The van der Waals surface area contributed by atoms with Crippen molar-refractivity contribution in [1.82, 2.24) is 5.43 Å². The van der Waals surface area contributed by atoms with Crippen LogP contribution in [0.3, 0.4) is 0 Å². The van der Waals surface area contributed by atoms with E-state index in [9.17, 15) is 14.4 Å². The summed E-state index contributed by atoms with van der Waals surface area (Å²) in [6.07, 6.45) is 1.73. The number of nitrogens with zero attached hydrogens (tertiary/aromatic N) is 1. The number of thiophene rings is 1. The highest BCUT2D eigenvalue weighted by Gasteiger charge is 2.22. The highest BCUT2D eigenvalue weighted by atomic mass is 32.1.